The molecule has 3 heterocycles. The van der Waals surface area contributed by atoms with Crippen molar-refractivity contribution in [2.45, 2.75) is 50.4 Å². The van der Waals surface area contributed by atoms with E-state index >= 15 is 0 Å². The number of rotatable bonds is 4. The van der Waals surface area contributed by atoms with Gasteiger partial charge in [0, 0.05) is 31.4 Å². The van der Waals surface area contributed by atoms with Crippen LogP contribution in [0.1, 0.15) is 49.9 Å². The predicted octanol–water partition coefficient (Wildman–Crippen LogP) is 3.99. The molecule has 0 spiro atoms. The van der Waals surface area contributed by atoms with E-state index in [2.05, 4.69) is 5.32 Å². The highest BCUT2D eigenvalue weighted by Crippen LogP contribution is 2.45. The Hall–Kier alpha value is -2.80. The SMILES string of the molecule is O=C(C1CCOCC1)N1CCCc2nc(C3(C(=O)Nc4ccc(F)cc4)CCC3)ccc21. The molecule has 1 saturated heterocycles. The molecule has 32 heavy (non-hydrogen) atoms. The first-order chi connectivity index (χ1) is 15.6. The lowest BCUT2D eigenvalue weighted by Gasteiger charge is -2.40. The number of anilines is 2. The second kappa shape index (κ2) is 8.62. The van der Waals surface area contributed by atoms with E-state index in [1.54, 1.807) is 12.1 Å². The van der Waals surface area contributed by atoms with Gasteiger partial charge in [0.25, 0.3) is 0 Å². The molecular weight excluding hydrogens is 409 g/mol. The fraction of sp³-hybridized carbons (Fsp3) is 0.480. The molecule has 1 aliphatic carbocycles. The monoisotopic (exact) mass is 437 g/mol. The van der Waals surface area contributed by atoms with Gasteiger partial charge in [0.2, 0.25) is 11.8 Å². The van der Waals surface area contributed by atoms with Gasteiger partial charge in [0.1, 0.15) is 5.82 Å². The summed E-state index contributed by atoms with van der Waals surface area (Å²) in [6.45, 7) is 1.99. The van der Waals surface area contributed by atoms with Gasteiger partial charge in [0.05, 0.1) is 22.5 Å². The van der Waals surface area contributed by atoms with Crippen molar-refractivity contribution in [3.63, 3.8) is 0 Å². The Morgan fingerprint density at radius 2 is 1.81 bits per heavy atom. The van der Waals surface area contributed by atoms with Crippen molar-refractivity contribution in [3.05, 3.63) is 53.6 Å². The van der Waals surface area contributed by atoms with E-state index in [9.17, 15) is 14.0 Å². The van der Waals surface area contributed by atoms with Crippen LogP contribution in [0.25, 0.3) is 0 Å². The van der Waals surface area contributed by atoms with Crippen LogP contribution in [0.3, 0.4) is 0 Å². The van der Waals surface area contributed by atoms with Crippen molar-refractivity contribution >= 4 is 23.2 Å². The molecule has 2 aromatic rings. The second-order valence-electron chi connectivity index (χ2n) is 9.04. The van der Waals surface area contributed by atoms with E-state index in [4.69, 9.17) is 9.72 Å². The van der Waals surface area contributed by atoms with Gasteiger partial charge >= 0.3 is 0 Å². The zero-order valence-corrected chi connectivity index (χ0v) is 18.1. The van der Waals surface area contributed by atoms with Crippen molar-refractivity contribution in [2.75, 3.05) is 30.0 Å². The van der Waals surface area contributed by atoms with E-state index in [0.29, 0.717) is 25.4 Å². The van der Waals surface area contributed by atoms with Crippen LogP contribution in [0.4, 0.5) is 15.8 Å². The zero-order chi connectivity index (χ0) is 22.1. The molecule has 0 radical (unpaired) electrons. The van der Waals surface area contributed by atoms with E-state index < -0.39 is 5.41 Å². The number of hydrogen-bond donors (Lipinski definition) is 1. The number of aromatic nitrogens is 1. The fourth-order valence-corrected chi connectivity index (χ4v) is 5.02. The number of ether oxygens (including phenoxy) is 1. The van der Waals surface area contributed by atoms with E-state index in [1.165, 1.54) is 12.1 Å². The number of halogens is 1. The molecule has 168 valence electrons. The zero-order valence-electron chi connectivity index (χ0n) is 18.1. The first-order valence-electron chi connectivity index (χ1n) is 11.5. The minimum absolute atomic E-state index is 0.00818. The molecule has 0 unspecified atom stereocenters. The summed E-state index contributed by atoms with van der Waals surface area (Å²) in [7, 11) is 0. The lowest BCUT2D eigenvalue weighted by atomic mass is 9.65. The van der Waals surface area contributed by atoms with Gasteiger partial charge in [-0.15, -0.1) is 0 Å². The van der Waals surface area contributed by atoms with Gasteiger partial charge < -0.3 is 15.0 Å². The Morgan fingerprint density at radius 3 is 2.50 bits per heavy atom. The third kappa shape index (κ3) is 3.79. The molecular formula is C25H28FN3O3. The number of carbonyl (C=O) groups excluding carboxylic acids is 2. The molecule has 1 saturated carbocycles. The van der Waals surface area contributed by atoms with Crippen LogP contribution in [0.2, 0.25) is 0 Å². The Labute approximate surface area is 187 Å². The van der Waals surface area contributed by atoms with Crippen LogP contribution in [0.15, 0.2) is 36.4 Å². The summed E-state index contributed by atoms with van der Waals surface area (Å²) in [6, 6.07) is 9.70. The first-order valence-corrected chi connectivity index (χ1v) is 11.5. The maximum absolute atomic E-state index is 13.2. The third-order valence-electron chi connectivity index (χ3n) is 7.11. The Morgan fingerprint density at radius 1 is 1.06 bits per heavy atom. The van der Waals surface area contributed by atoms with Crippen LogP contribution in [0, 0.1) is 11.7 Å². The molecule has 2 aliphatic heterocycles. The highest BCUT2D eigenvalue weighted by molar-refractivity contribution is 6.00. The maximum atomic E-state index is 13.2. The molecule has 7 heteroatoms. The third-order valence-corrected chi connectivity index (χ3v) is 7.11. The topological polar surface area (TPSA) is 71.5 Å². The molecule has 2 amide bonds. The standard InChI is InChI=1S/C25H28FN3O3/c26-18-4-6-19(7-5-18)27-24(31)25(12-2-13-25)22-9-8-21-20(28-22)3-1-14-29(21)23(30)17-10-15-32-16-11-17/h4-9,17H,1-3,10-16H2,(H,27,31). The van der Waals surface area contributed by atoms with Crippen molar-refractivity contribution < 1.29 is 18.7 Å². The molecule has 0 atom stereocenters. The Balaban J connectivity index is 1.39. The molecule has 0 bridgehead atoms. The number of pyridine rings is 1. The van der Waals surface area contributed by atoms with Crippen molar-refractivity contribution in [1.29, 1.82) is 0 Å². The summed E-state index contributed by atoms with van der Waals surface area (Å²) >= 11 is 0. The smallest absolute Gasteiger partial charge is 0.236 e. The van der Waals surface area contributed by atoms with Crippen molar-refractivity contribution in [1.82, 2.24) is 4.98 Å². The molecule has 1 N–H and O–H groups in total. The minimum Gasteiger partial charge on any atom is -0.381 e. The van der Waals surface area contributed by atoms with Gasteiger partial charge in [-0.1, -0.05) is 6.42 Å². The summed E-state index contributed by atoms with van der Waals surface area (Å²) < 4.78 is 18.6. The normalized spacial score (nSPS) is 20.2. The maximum Gasteiger partial charge on any atom is 0.236 e. The largest absolute Gasteiger partial charge is 0.381 e. The number of aryl methyl sites for hydroxylation is 1. The molecule has 1 aromatic heterocycles. The summed E-state index contributed by atoms with van der Waals surface area (Å²) in [4.78, 5) is 33.2. The number of nitrogens with one attached hydrogen (secondary N) is 1. The second-order valence-corrected chi connectivity index (χ2v) is 9.04. The van der Waals surface area contributed by atoms with Crippen LogP contribution in [-0.2, 0) is 26.2 Å². The van der Waals surface area contributed by atoms with Crippen LogP contribution in [-0.4, -0.2) is 36.6 Å². The first kappa shape index (κ1) is 21.1. The number of nitrogens with zero attached hydrogens (tertiary/aromatic N) is 2. The van der Waals surface area contributed by atoms with E-state index in [-0.39, 0.29) is 23.5 Å². The van der Waals surface area contributed by atoms with Gasteiger partial charge in [-0.3, -0.25) is 14.6 Å². The van der Waals surface area contributed by atoms with Crippen LogP contribution in [0.5, 0.6) is 0 Å². The lowest BCUT2D eigenvalue weighted by molar-refractivity contribution is -0.125. The number of fused-ring (bicyclic) bond motifs is 1. The van der Waals surface area contributed by atoms with Gasteiger partial charge in [-0.2, -0.15) is 0 Å². The Bertz CT molecular complexity index is 1010. The highest BCUT2D eigenvalue weighted by Gasteiger charge is 2.47. The summed E-state index contributed by atoms with van der Waals surface area (Å²) in [5.74, 6) is -0.267. The number of amides is 2. The fourth-order valence-electron chi connectivity index (χ4n) is 5.02. The molecule has 1 aromatic carbocycles. The molecule has 3 aliphatic rings. The Kier molecular flexibility index (Phi) is 5.67. The van der Waals surface area contributed by atoms with Gasteiger partial charge in [0.15, 0.2) is 0 Å². The van der Waals surface area contributed by atoms with Gasteiger partial charge in [-0.25, -0.2) is 4.39 Å². The minimum atomic E-state index is -0.670. The average Bonchev–Trinajstić information content (AvgIpc) is 2.79. The number of benzene rings is 1. The van der Waals surface area contributed by atoms with Crippen LogP contribution < -0.4 is 10.2 Å². The van der Waals surface area contributed by atoms with E-state index in [1.807, 2.05) is 17.0 Å². The quantitative estimate of drug-likeness (QED) is 0.785. The lowest BCUT2D eigenvalue weighted by Crippen LogP contribution is -2.47. The van der Waals surface area contributed by atoms with E-state index in [0.717, 1.165) is 62.0 Å². The number of carbonyl (C=O) groups is 2. The van der Waals surface area contributed by atoms with Gasteiger partial charge in [-0.05, 0) is 74.9 Å². The van der Waals surface area contributed by atoms with Crippen molar-refractivity contribution in [3.8, 4) is 0 Å². The van der Waals surface area contributed by atoms with Crippen molar-refractivity contribution in [2.24, 2.45) is 5.92 Å². The van der Waals surface area contributed by atoms with Crippen LogP contribution >= 0.6 is 0 Å². The predicted molar refractivity (Wildman–Crippen MR) is 119 cm³/mol. The molecule has 5 rings (SSSR count). The molecule has 6 nitrogen and oxygen atoms in total. The highest BCUT2D eigenvalue weighted by atomic mass is 19.1. The average molecular weight is 438 g/mol. The molecule has 2 fully saturated rings. The summed E-state index contributed by atoms with van der Waals surface area (Å²) in [5.41, 5.74) is 2.45. The summed E-state index contributed by atoms with van der Waals surface area (Å²) in [6.07, 6.45) is 5.63. The summed E-state index contributed by atoms with van der Waals surface area (Å²) in [5, 5.41) is 2.94. The number of hydrogen-bond acceptors (Lipinski definition) is 4.